The molecule has 0 aromatic carbocycles. The van der Waals surface area contributed by atoms with Gasteiger partial charge in [0, 0.05) is 20.6 Å². The largest absolute Gasteiger partial charge is 0.489 e. The first-order valence-electron chi connectivity index (χ1n) is 11.9. The third kappa shape index (κ3) is 7.12. The van der Waals surface area contributed by atoms with Gasteiger partial charge in [0.1, 0.15) is 23.7 Å². The van der Waals surface area contributed by atoms with E-state index < -0.39 is 18.2 Å². The zero-order valence-corrected chi connectivity index (χ0v) is 20.7. The van der Waals surface area contributed by atoms with Gasteiger partial charge in [0.2, 0.25) is 0 Å². The van der Waals surface area contributed by atoms with Gasteiger partial charge in [-0.3, -0.25) is 4.79 Å². The molecule has 2 heterocycles. The molecular weight excluding hydrogens is 457 g/mol. The number of carboxylic acid groups (broad SMARTS) is 1. The number of carbonyl (C=O) groups is 2. The molecule has 35 heavy (non-hydrogen) atoms. The molecule has 0 saturated heterocycles. The number of hydrogen-bond donors (Lipinski definition) is 1. The van der Waals surface area contributed by atoms with Crippen LogP contribution in [0.3, 0.4) is 0 Å². The molecule has 1 fully saturated rings. The van der Waals surface area contributed by atoms with E-state index in [9.17, 15) is 19.1 Å². The number of carboxylic acids is 1. The van der Waals surface area contributed by atoms with E-state index in [1.54, 1.807) is 26.2 Å². The van der Waals surface area contributed by atoms with E-state index in [1.165, 1.54) is 16.5 Å². The second kappa shape index (κ2) is 11.9. The first kappa shape index (κ1) is 26.4. The Morgan fingerprint density at radius 2 is 2.11 bits per heavy atom. The highest BCUT2D eigenvalue weighted by Gasteiger charge is 2.28. The average molecular weight is 492 g/mol. The Labute approximate surface area is 204 Å². The standard InChI is InChI=1S/C24H34FN5O5/c1-15(25)7-6-12-29(3)24(33)34-14-20-22(27-28-30(20)4)19-10-11-21(16(2)26-19)35-18-9-5-8-17(13-18)23(31)32/h10-11,15,17-18H,5-9,12-14H2,1-4H3,(H,31,32)/t15?,17-,18-/m0/s1. The van der Waals surface area contributed by atoms with E-state index in [4.69, 9.17) is 9.47 Å². The van der Waals surface area contributed by atoms with Crippen LogP contribution in [-0.4, -0.2) is 67.9 Å². The predicted molar refractivity (Wildman–Crippen MR) is 126 cm³/mol. The molecule has 1 aliphatic carbocycles. The molecule has 3 atom stereocenters. The SMILES string of the molecule is Cc1nc(-c2nnn(C)c2COC(=O)N(C)CCCC(C)F)ccc1O[C@H]1CCC[C@H](C(=O)O)C1. The fourth-order valence-electron chi connectivity index (χ4n) is 4.14. The second-order valence-corrected chi connectivity index (χ2v) is 9.13. The summed E-state index contributed by atoms with van der Waals surface area (Å²) in [5.41, 5.74) is 2.29. The fraction of sp³-hybridized carbons (Fsp3) is 0.625. The minimum Gasteiger partial charge on any atom is -0.489 e. The third-order valence-corrected chi connectivity index (χ3v) is 6.23. The quantitative estimate of drug-likeness (QED) is 0.531. The summed E-state index contributed by atoms with van der Waals surface area (Å²) >= 11 is 0. The molecule has 0 spiro atoms. The average Bonchev–Trinajstić information content (AvgIpc) is 3.18. The van der Waals surface area contributed by atoms with Gasteiger partial charge in [-0.05, 0) is 64.5 Å². The van der Waals surface area contributed by atoms with Crippen LogP contribution in [0.25, 0.3) is 11.4 Å². The molecule has 1 aliphatic rings. The topological polar surface area (TPSA) is 120 Å². The normalized spacial score (nSPS) is 18.7. The van der Waals surface area contributed by atoms with Gasteiger partial charge in [0.05, 0.1) is 29.6 Å². The Hall–Kier alpha value is -3.24. The maximum atomic E-state index is 13.0. The summed E-state index contributed by atoms with van der Waals surface area (Å²) < 4.78 is 26.0. The zero-order chi connectivity index (χ0) is 25.5. The number of ether oxygens (including phenoxy) is 2. The smallest absolute Gasteiger partial charge is 0.409 e. The Balaban J connectivity index is 1.64. The number of aliphatic carboxylic acids is 1. The summed E-state index contributed by atoms with van der Waals surface area (Å²) in [6.07, 6.45) is 2.16. The van der Waals surface area contributed by atoms with E-state index in [1.807, 2.05) is 6.92 Å². The molecule has 1 unspecified atom stereocenters. The Kier molecular flexibility index (Phi) is 9.00. The van der Waals surface area contributed by atoms with Crippen molar-refractivity contribution >= 4 is 12.1 Å². The van der Waals surface area contributed by atoms with Gasteiger partial charge in [-0.25, -0.2) is 18.9 Å². The summed E-state index contributed by atoms with van der Waals surface area (Å²) in [5.74, 6) is -0.553. The maximum absolute atomic E-state index is 13.0. The van der Waals surface area contributed by atoms with E-state index in [0.29, 0.717) is 60.8 Å². The summed E-state index contributed by atoms with van der Waals surface area (Å²) in [4.78, 5) is 29.7. The lowest BCUT2D eigenvalue weighted by Crippen LogP contribution is -2.29. The van der Waals surface area contributed by atoms with Crippen molar-refractivity contribution in [2.75, 3.05) is 13.6 Å². The van der Waals surface area contributed by atoms with Gasteiger partial charge in [-0.1, -0.05) is 5.21 Å². The fourth-order valence-corrected chi connectivity index (χ4v) is 4.14. The van der Waals surface area contributed by atoms with Crippen LogP contribution >= 0.6 is 0 Å². The van der Waals surface area contributed by atoms with Crippen molar-refractivity contribution in [3.63, 3.8) is 0 Å². The lowest BCUT2D eigenvalue weighted by atomic mass is 9.87. The van der Waals surface area contributed by atoms with Crippen molar-refractivity contribution < 1.29 is 28.6 Å². The number of carbonyl (C=O) groups excluding carboxylic acids is 1. The number of rotatable bonds is 10. The van der Waals surface area contributed by atoms with Crippen molar-refractivity contribution in [1.82, 2.24) is 24.9 Å². The number of amides is 1. The molecule has 11 heteroatoms. The molecule has 0 aliphatic heterocycles. The van der Waals surface area contributed by atoms with Crippen LogP contribution in [-0.2, 0) is 23.2 Å². The van der Waals surface area contributed by atoms with Gasteiger partial charge in [0.15, 0.2) is 0 Å². The van der Waals surface area contributed by atoms with E-state index >= 15 is 0 Å². The van der Waals surface area contributed by atoms with Crippen LogP contribution in [0.1, 0.15) is 56.8 Å². The monoisotopic (exact) mass is 491 g/mol. The highest BCUT2D eigenvalue weighted by atomic mass is 19.1. The van der Waals surface area contributed by atoms with Crippen LogP contribution in [0.2, 0.25) is 0 Å². The van der Waals surface area contributed by atoms with Gasteiger partial charge >= 0.3 is 12.1 Å². The lowest BCUT2D eigenvalue weighted by molar-refractivity contribution is -0.143. The number of pyridine rings is 1. The van der Waals surface area contributed by atoms with Crippen molar-refractivity contribution in [2.24, 2.45) is 13.0 Å². The molecule has 1 N–H and O–H groups in total. The molecule has 2 aromatic rings. The van der Waals surface area contributed by atoms with Crippen molar-refractivity contribution in [3.05, 3.63) is 23.5 Å². The molecule has 0 bridgehead atoms. The molecule has 2 aromatic heterocycles. The summed E-state index contributed by atoms with van der Waals surface area (Å²) in [5, 5.41) is 17.5. The van der Waals surface area contributed by atoms with Gasteiger partial charge in [-0.15, -0.1) is 5.10 Å². The number of halogens is 1. The molecular formula is C24H34FN5O5. The molecule has 10 nitrogen and oxygen atoms in total. The van der Waals surface area contributed by atoms with Gasteiger partial charge in [0.25, 0.3) is 0 Å². The summed E-state index contributed by atoms with van der Waals surface area (Å²) in [7, 11) is 3.32. The van der Waals surface area contributed by atoms with Crippen LogP contribution < -0.4 is 4.74 Å². The van der Waals surface area contributed by atoms with E-state index in [2.05, 4.69) is 15.3 Å². The number of alkyl halides is 1. The van der Waals surface area contributed by atoms with Crippen LogP contribution in [0.4, 0.5) is 9.18 Å². The van der Waals surface area contributed by atoms with Crippen LogP contribution in [0.5, 0.6) is 5.75 Å². The zero-order valence-electron chi connectivity index (χ0n) is 20.7. The number of hydrogen-bond acceptors (Lipinski definition) is 7. The number of aryl methyl sites for hydroxylation is 2. The lowest BCUT2D eigenvalue weighted by Gasteiger charge is -2.27. The van der Waals surface area contributed by atoms with Gasteiger partial charge in [-0.2, -0.15) is 0 Å². The van der Waals surface area contributed by atoms with Crippen molar-refractivity contribution in [2.45, 2.75) is 71.3 Å². The molecule has 0 radical (unpaired) electrons. The number of nitrogens with zero attached hydrogens (tertiary/aromatic N) is 5. The summed E-state index contributed by atoms with van der Waals surface area (Å²) in [6, 6.07) is 3.56. The molecule has 3 rings (SSSR count). The first-order valence-corrected chi connectivity index (χ1v) is 11.9. The number of aromatic nitrogens is 4. The Morgan fingerprint density at radius 1 is 1.34 bits per heavy atom. The highest BCUT2D eigenvalue weighted by Crippen LogP contribution is 2.30. The molecule has 192 valence electrons. The highest BCUT2D eigenvalue weighted by molar-refractivity contribution is 5.70. The second-order valence-electron chi connectivity index (χ2n) is 9.13. The predicted octanol–water partition coefficient (Wildman–Crippen LogP) is 3.91. The summed E-state index contributed by atoms with van der Waals surface area (Å²) in [6.45, 7) is 3.67. The maximum Gasteiger partial charge on any atom is 0.409 e. The van der Waals surface area contributed by atoms with Crippen molar-refractivity contribution in [3.8, 4) is 17.1 Å². The minimum atomic E-state index is -0.903. The van der Waals surface area contributed by atoms with Crippen molar-refractivity contribution in [1.29, 1.82) is 0 Å². The van der Waals surface area contributed by atoms with Crippen LogP contribution in [0.15, 0.2) is 12.1 Å². The van der Waals surface area contributed by atoms with E-state index in [-0.39, 0.29) is 18.6 Å². The Morgan fingerprint density at radius 3 is 2.80 bits per heavy atom. The van der Waals surface area contributed by atoms with Gasteiger partial charge < -0.3 is 19.5 Å². The van der Waals surface area contributed by atoms with Crippen LogP contribution in [0, 0.1) is 12.8 Å². The minimum absolute atomic E-state index is 0.0425. The van der Waals surface area contributed by atoms with E-state index in [0.717, 1.165) is 12.8 Å². The third-order valence-electron chi connectivity index (χ3n) is 6.23. The first-order chi connectivity index (χ1) is 16.7. The Bertz CT molecular complexity index is 1030. The molecule has 1 saturated carbocycles. The molecule has 1 amide bonds.